The highest BCUT2D eigenvalue weighted by molar-refractivity contribution is 6.71. The van der Waals surface area contributed by atoms with E-state index >= 15 is 0 Å². The predicted octanol–water partition coefficient (Wildman–Crippen LogP) is 2.83. The first-order valence-corrected chi connectivity index (χ1v) is 3.46. The van der Waals surface area contributed by atoms with Gasteiger partial charge in [-0.2, -0.15) is 4.51 Å². The van der Waals surface area contributed by atoms with Gasteiger partial charge >= 0.3 is 0 Å². The van der Waals surface area contributed by atoms with Gasteiger partial charge in [0.1, 0.15) is 0 Å². The van der Waals surface area contributed by atoms with Crippen LogP contribution in [-0.2, 0) is 0 Å². The van der Waals surface area contributed by atoms with Crippen molar-refractivity contribution in [3.05, 3.63) is 35.9 Å². The normalized spacial score (nSPS) is 11.6. The Morgan fingerprint density at radius 2 is 1.80 bits per heavy atom. The van der Waals surface area contributed by atoms with Crippen molar-refractivity contribution in [3.8, 4) is 0 Å². The van der Waals surface area contributed by atoms with Crippen LogP contribution in [0.2, 0.25) is 0 Å². The monoisotopic (exact) mass is 173 g/mol. The highest BCUT2D eigenvalue weighted by atomic mass is 35.5. The van der Waals surface area contributed by atoms with Crippen molar-refractivity contribution in [1.82, 2.24) is 0 Å². The Balaban J connectivity index is 2.96. The van der Waals surface area contributed by atoms with Gasteiger partial charge in [0.2, 0.25) is 0 Å². The first-order valence-electron chi connectivity index (χ1n) is 2.74. The third-order valence-corrected chi connectivity index (χ3v) is 1.64. The molecule has 0 amide bonds. The van der Waals surface area contributed by atoms with E-state index in [1.54, 1.807) is 0 Å². The third-order valence-electron chi connectivity index (χ3n) is 1.09. The molecule has 3 heteroatoms. The number of benzene rings is 1. The molecule has 0 spiro atoms. The van der Waals surface area contributed by atoms with Gasteiger partial charge in [0.15, 0.2) is 5.17 Å². The molecule has 0 aliphatic rings. The van der Waals surface area contributed by atoms with Crippen molar-refractivity contribution in [2.75, 3.05) is 0 Å². The van der Waals surface area contributed by atoms with Crippen molar-refractivity contribution < 1.29 is 0 Å². The lowest BCUT2D eigenvalue weighted by Gasteiger charge is -1.92. The molecule has 0 bridgehead atoms. The molecule has 1 aromatic rings. The Hall–Kier alpha value is -0.530. The Morgan fingerprint density at radius 1 is 1.20 bits per heavy atom. The van der Waals surface area contributed by atoms with E-state index in [0.717, 1.165) is 5.56 Å². The summed E-state index contributed by atoms with van der Waals surface area (Å²) in [6.07, 6.45) is 0. The van der Waals surface area contributed by atoms with Crippen LogP contribution in [-0.4, -0.2) is 5.17 Å². The Bertz CT molecular complexity index is 231. The van der Waals surface area contributed by atoms with Gasteiger partial charge in [0.05, 0.1) is 0 Å². The van der Waals surface area contributed by atoms with Crippen molar-refractivity contribution in [2.24, 2.45) is 4.51 Å². The first-order chi connectivity index (χ1) is 4.84. The van der Waals surface area contributed by atoms with Gasteiger partial charge in [-0.3, -0.25) is 0 Å². The molecule has 0 aliphatic heterocycles. The van der Waals surface area contributed by atoms with E-state index in [0.29, 0.717) is 5.17 Å². The molecule has 0 saturated carbocycles. The SMILES string of the molecule is ClN=C(Cl)c1ccccc1. The maximum absolute atomic E-state index is 5.61. The van der Waals surface area contributed by atoms with Crippen LogP contribution in [0, 0.1) is 0 Å². The van der Waals surface area contributed by atoms with Crippen molar-refractivity contribution >= 4 is 28.5 Å². The van der Waals surface area contributed by atoms with E-state index in [2.05, 4.69) is 4.51 Å². The number of halogens is 2. The number of nitrogens with zero attached hydrogens (tertiary/aromatic N) is 1. The van der Waals surface area contributed by atoms with Crippen LogP contribution in [0.3, 0.4) is 0 Å². The zero-order valence-electron chi connectivity index (χ0n) is 5.09. The van der Waals surface area contributed by atoms with Gasteiger partial charge in [0, 0.05) is 17.3 Å². The standard InChI is InChI=1S/C7H5Cl2N/c8-7(10-9)6-4-2-1-3-5-6/h1-5H. The van der Waals surface area contributed by atoms with Crippen LogP contribution in [0.4, 0.5) is 0 Å². The fraction of sp³-hybridized carbons (Fsp3) is 0. The van der Waals surface area contributed by atoms with Crippen molar-refractivity contribution in [2.45, 2.75) is 0 Å². The highest BCUT2D eigenvalue weighted by Gasteiger charge is 1.94. The molecule has 0 saturated heterocycles. The smallest absolute Gasteiger partial charge is 0.150 e. The minimum atomic E-state index is 0.322. The summed E-state index contributed by atoms with van der Waals surface area (Å²) in [5, 5.41) is 0.322. The van der Waals surface area contributed by atoms with Gasteiger partial charge in [-0.25, -0.2) is 0 Å². The van der Waals surface area contributed by atoms with Crippen LogP contribution >= 0.6 is 23.4 Å². The summed E-state index contributed by atoms with van der Waals surface area (Å²) < 4.78 is 3.31. The first kappa shape index (κ1) is 7.58. The second-order valence-electron chi connectivity index (χ2n) is 1.74. The van der Waals surface area contributed by atoms with E-state index in [9.17, 15) is 0 Å². The zero-order chi connectivity index (χ0) is 7.40. The topological polar surface area (TPSA) is 12.4 Å². The number of hydrogen-bond donors (Lipinski definition) is 0. The fourth-order valence-corrected chi connectivity index (χ4v) is 0.848. The van der Waals surface area contributed by atoms with Gasteiger partial charge in [0.25, 0.3) is 0 Å². The molecular weight excluding hydrogens is 169 g/mol. The molecule has 0 radical (unpaired) electrons. The summed E-state index contributed by atoms with van der Waals surface area (Å²) in [5.41, 5.74) is 0.833. The quantitative estimate of drug-likeness (QED) is 0.580. The van der Waals surface area contributed by atoms with Crippen LogP contribution in [0.15, 0.2) is 34.8 Å². The molecule has 0 heterocycles. The average Bonchev–Trinajstić information content (AvgIpc) is 2.05. The molecule has 1 aromatic carbocycles. The molecule has 52 valence electrons. The molecule has 10 heavy (non-hydrogen) atoms. The van der Waals surface area contributed by atoms with E-state index < -0.39 is 0 Å². The molecule has 0 unspecified atom stereocenters. The summed E-state index contributed by atoms with van der Waals surface area (Å²) in [5.74, 6) is 0. The molecule has 0 aromatic heterocycles. The van der Waals surface area contributed by atoms with E-state index in [1.165, 1.54) is 0 Å². The van der Waals surface area contributed by atoms with Gasteiger partial charge in [-0.05, 0) is 0 Å². The fourth-order valence-electron chi connectivity index (χ4n) is 0.624. The molecule has 0 fully saturated rings. The minimum absolute atomic E-state index is 0.322. The van der Waals surface area contributed by atoms with Crippen LogP contribution in [0.25, 0.3) is 0 Å². The molecule has 0 aliphatic carbocycles. The maximum atomic E-state index is 5.61. The second-order valence-corrected chi connectivity index (χ2v) is 2.27. The van der Waals surface area contributed by atoms with Gasteiger partial charge in [-0.1, -0.05) is 41.9 Å². The Morgan fingerprint density at radius 3 is 2.30 bits per heavy atom. The summed E-state index contributed by atoms with van der Waals surface area (Å²) >= 11 is 10.8. The minimum Gasteiger partial charge on any atom is -0.165 e. The Labute approximate surface area is 69.4 Å². The zero-order valence-corrected chi connectivity index (χ0v) is 6.60. The average molecular weight is 174 g/mol. The second kappa shape index (κ2) is 3.59. The summed E-state index contributed by atoms with van der Waals surface area (Å²) in [6.45, 7) is 0. The largest absolute Gasteiger partial charge is 0.165 e. The molecule has 0 N–H and O–H groups in total. The lowest BCUT2D eigenvalue weighted by atomic mass is 10.2. The number of hydrogen-bond acceptors (Lipinski definition) is 1. The van der Waals surface area contributed by atoms with E-state index in [-0.39, 0.29) is 0 Å². The number of rotatable bonds is 1. The summed E-state index contributed by atoms with van der Waals surface area (Å²) in [7, 11) is 0. The highest BCUT2D eigenvalue weighted by Crippen LogP contribution is 2.04. The molecule has 1 rings (SSSR count). The van der Waals surface area contributed by atoms with Crippen molar-refractivity contribution in [3.63, 3.8) is 0 Å². The van der Waals surface area contributed by atoms with Crippen molar-refractivity contribution in [1.29, 1.82) is 0 Å². The predicted molar refractivity (Wildman–Crippen MR) is 44.7 cm³/mol. The lowest BCUT2D eigenvalue weighted by Crippen LogP contribution is -1.86. The summed E-state index contributed by atoms with van der Waals surface area (Å²) in [6, 6.07) is 9.34. The van der Waals surface area contributed by atoms with Gasteiger partial charge < -0.3 is 0 Å². The van der Waals surface area contributed by atoms with E-state index in [4.69, 9.17) is 23.4 Å². The lowest BCUT2D eigenvalue weighted by molar-refractivity contribution is 1.66. The molecule has 0 atom stereocenters. The van der Waals surface area contributed by atoms with E-state index in [1.807, 2.05) is 30.3 Å². The van der Waals surface area contributed by atoms with Crippen LogP contribution < -0.4 is 0 Å². The molecular formula is C7H5Cl2N. The third kappa shape index (κ3) is 1.72. The molecule has 1 nitrogen and oxygen atoms in total. The Kier molecular flexibility index (Phi) is 2.72. The maximum Gasteiger partial charge on any atom is 0.150 e. The van der Waals surface area contributed by atoms with Gasteiger partial charge in [-0.15, -0.1) is 0 Å². The van der Waals surface area contributed by atoms with Crippen LogP contribution in [0.5, 0.6) is 0 Å². The summed E-state index contributed by atoms with van der Waals surface area (Å²) in [4.78, 5) is 0. The van der Waals surface area contributed by atoms with Crippen LogP contribution in [0.1, 0.15) is 5.56 Å².